The lowest BCUT2D eigenvalue weighted by Crippen LogP contribution is -2.37. The van der Waals surface area contributed by atoms with Crippen molar-refractivity contribution in [2.24, 2.45) is 0 Å². The van der Waals surface area contributed by atoms with Crippen LogP contribution in [0.1, 0.15) is 37.5 Å². The molecule has 4 rings (SSSR count). The quantitative estimate of drug-likeness (QED) is 0.323. The predicted molar refractivity (Wildman–Crippen MR) is 160 cm³/mol. The molecule has 1 aliphatic rings. The molecule has 6 heteroatoms. The molecule has 0 saturated heterocycles. The molecule has 3 aromatic carbocycles. The van der Waals surface area contributed by atoms with E-state index >= 15 is 0 Å². The predicted octanol–water partition coefficient (Wildman–Crippen LogP) is 7.02. The minimum atomic E-state index is -0.0105. The molecule has 0 spiro atoms. The summed E-state index contributed by atoms with van der Waals surface area (Å²) in [6, 6.07) is 20.5. The normalized spacial score (nSPS) is 15.4. The molecule has 1 atom stereocenters. The summed E-state index contributed by atoms with van der Waals surface area (Å²) in [6.45, 7) is 6.68. The van der Waals surface area contributed by atoms with Crippen LogP contribution in [0.4, 0.5) is 5.69 Å². The lowest BCUT2D eigenvalue weighted by Gasteiger charge is -2.27. The van der Waals surface area contributed by atoms with Gasteiger partial charge >= 0.3 is 0 Å². The van der Waals surface area contributed by atoms with Crippen LogP contribution in [0.3, 0.4) is 0 Å². The molecule has 204 valence electrons. The van der Waals surface area contributed by atoms with Gasteiger partial charge in [0.25, 0.3) is 0 Å². The van der Waals surface area contributed by atoms with Crippen molar-refractivity contribution in [2.45, 2.75) is 32.2 Å². The van der Waals surface area contributed by atoms with Gasteiger partial charge in [-0.3, -0.25) is 10.4 Å². The monoisotopic (exact) mass is 526 g/mol. The van der Waals surface area contributed by atoms with E-state index in [1.165, 1.54) is 5.56 Å². The van der Waals surface area contributed by atoms with E-state index in [-0.39, 0.29) is 11.5 Å². The van der Waals surface area contributed by atoms with Gasteiger partial charge in [-0.1, -0.05) is 63.3 Å². The second kappa shape index (κ2) is 12.0. The fourth-order valence-electron chi connectivity index (χ4n) is 4.41. The summed E-state index contributed by atoms with van der Waals surface area (Å²) < 4.78 is 21.7. The molecule has 1 unspecified atom stereocenters. The summed E-state index contributed by atoms with van der Waals surface area (Å²) in [5.74, 6) is 2.82. The van der Waals surface area contributed by atoms with E-state index in [4.69, 9.17) is 18.9 Å². The third-order valence-electron chi connectivity index (χ3n) is 6.67. The summed E-state index contributed by atoms with van der Waals surface area (Å²) in [7, 11) is 6.57. The Bertz CT molecular complexity index is 1370. The first-order valence-corrected chi connectivity index (χ1v) is 12.9. The van der Waals surface area contributed by atoms with Crippen molar-refractivity contribution in [1.29, 1.82) is 0 Å². The Kier molecular flexibility index (Phi) is 8.55. The summed E-state index contributed by atoms with van der Waals surface area (Å²) >= 11 is 0. The lowest BCUT2D eigenvalue weighted by molar-refractivity contribution is 0.355. The number of benzene rings is 3. The van der Waals surface area contributed by atoms with E-state index in [1.807, 2.05) is 36.4 Å². The molecule has 1 heterocycles. The fraction of sp³-hybridized carbons (Fsp3) is 0.273. The number of methoxy groups -OCH3 is 4. The highest BCUT2D eigenvalue weighted by Crippen LogP contribution is 2.31. The zero-order chi connectivity index (χ0) is 28.0. The smallest absolute Gasteiger partial charge is 0.161 e. The average Bonchev–Trinajstić information content (AvgIpc) is 3.37. The molecule has 1 N–H and O–H groups in total. The molecule has 39 heavy (non-hydrogen) atoms. The van der Waals surface area contributed by atoms with Crippen LogP contribution in [0, 0.1) is 0 Å². The van der Waals surface area contributed by atoms with Crippen LogP contribution in [0.5, 0.6) is 23.0 Å². The van der Waals surface area contributed by atoms with Crippen molar-refractivity contribution in [1.82, 2.24) is 5.43 Å². The minimum absolute atomic E-state index is 0.0105. The van der Waals surface area contributed by atoms with Crippen LogP contribution in [0.15, 0.2) is 84.6 Å². The van der Waals surface area contributed by atoms with Crippen molar-refractivity contribution in [3.05, 3.63) is 101 Å². The molecular formula is C33H38N2O4. The van der Waals surface area contributed by atoms with E-state index < -0.39 is 0 Å². The standard InChI is InChI=1S/C33H38N2O4/c1-33(2,3)25-12-16-27(17-13-25)35-28(15-9-24-11-19-30(37-5)32(21-24)39-7)22-26(34-35)14-8-23-10-18-29(36-4)31(20-23)38-6/h8-22,28,34H,1-7H3. The number of nitrogens with one attached hydrogen (secondary N) is 1. The maximum absolute atomic E-state index is 5.48. The van der Waals surface area contributed by atoms with Crippen LogP contribution < -0.4 is 29.4 Å². The third-order valence-corrected chi connectivity index (χ3v) is 6.67. The van der Waals surface area contributed by atoms with Crippen molar-refractivity contribution < 1.29 is 18.9 Å². The summed E-state index contributed by atoms with van der Waals surface area (Å²) in [4.78, 5) is 0. The van der Waals surface area contributed by atoms with Crippen molar-refractivity contribution >= 4 is 17.8 Å². The number of nitrogens with zero attached hydrogens (tertiary/aromatic N) is 1. The number of hydrogen-bond donors (Lipinski definition) is 1. The first-order valence-electron chi connectivity index (χ1n) is 12.9. The average molecular weight is 527 g/mol. The molecular weight excluding hydrogens is 488 g/mol. The Morgan fingerprint density at radius 2 is 1.21 bits per heavy atom. The second-order valence-corrected chi connectivity index (χ2v) is 10.3. The number of anilines is 1. The summed E-state index contributed by atoms with van der Waals surface area (Å²) in [5.41, 5.74) is 9.07. The molecule has 1 aliphatic heterocycles. The van der Waals surface area contributed by atoms with Gasteiger partial charge in [0.1, 0.15) is 0 Å². The zero-order valence-corrected chi connectivity index (χ0v) is 23.8. The van der Waals surface area contributed by atoms with Crippen LogP contribution in [-0.4, -0.2) is 34.5 Å². The fourth-order valence-corrected chi connectivity index (χ4v) is 4.41. The molecule has 0 aliphatic carbocycles. The first kappa shape index (κ1) is 27.7. The van der Waals surface area contributed by atoms with Crippen LogP contribution in [-0.2, 0) is 5.41 Å². The maximum atomic E-state index is 5.48. The molecule has 0 amide bonds. The van der Waals surface area contributed by atoms with E-state index in [0.29, 0.717) is 23.0 Å². The number of allylic oxidation sites excluding steroid dienone is 1. The number of hydrazine groups is 1. The van der Waals surface area contributed by atoms with E-state index in [9.17, 15) is 0 Å². The van der Waals surface area contributed by atoms with Gasteiger partial charge in [-0.15, -0.1) is 0 Å². The highest BCUT2D eigenvalue weighted by molar-refractivity contribution is 5.63. The summed E-state index contributed by atoms with van der Waals surface area (Å²) in [6.07, 6.45) is 10.6. The van der Waals surface area contributed by atoms with Gasteiger partial charge in [0, 0.05) is 0 Å². The molecule has 6 nitrogen and oxygen atoms in total. The summed E-state index contributed by atoms with van der Waals surface area (Å²) in [5, 5.41) is 2.16. The number of ether oxygens (including phenoxy) is 4. The second-order valence-electron chi connectivity index (χ2n) is 10.3. The Hall–Kier alpha value is -4.32. The molecule has 0 radical (unpaired) electrons. The van der Waals surface area contributed by atoms with E-state index in [1.54, 1.807) is 28.4 Å². The van der Waals surface area contributed by atoms with Crippen LogP contribution in [0.25, 0.3) is 12.2 Å². The maximum Gasteiger partial charge on any atom is 0.161 e. The largest absolute Gasteiger partial charge is 0.493 e. The van der Waals surface area contributed by atoms with Crippen molar-refractivity contribution in [3.8, 4) is 23.0 Å². The first-order chi connectivity index (χ1) is 18.7. The molecule has 3 aromatic rings. The van der Waals surface area contributed by atoms with Crippen LogP contribution in [0.2, 0.25) is 0 Å². The topological polar surface area (TPSA) is 52.2 Å². The minimum Gasteiger partial charge on any atom is -0.493 e. The lowest BCUT2D eigenvalue weighted by atomic mass is 9.87. The van der Waals surface area contributed by atoms with Crippen molar-refractivity contribution in [3.63, 3.8) is 0 Å². The number of hydrogen-bond acceptors (Lipinski definition) is 6. The Balaban J connectivity index is 1.62. The highest BCUT2D eigenvalue weighted by Gasteiger charge is 2.23. The molecule has 0 aromatic heterocycles. The SMILES string of the molecule is COc1ccc(C=CC2=CC(C=Cc3ccc(OC)c(OC)c3)N(c3ccc(C(C)(C)C)cc3)N2)cc1OC. The Morgan fingerprint density at radius 3 is 1.72 bits per heavy atom. The molecule has 0 fully saturated rings. The molecule has 0 saturated carbocycles. The van der Waals surface area contributed by atoms with Gasteiger partial charge in [-0.25, -0.2) is 0 Å². The number of rotatable bonds is 9. The van der Waals surface area contributed by atoms with Crippen LogP contribution >= 0.6 is 0 Å². The third kappa shape index (κ3) is 6.58. The van der Waals surface area contributed by atoms with E-state index in [2.05, 4.69) is 85.9 Å². The van der Waals surface area contributed by atoms with Crippen molar-refractivity contribution in [2.75, 3.05) is 33.4 Å². The Labute approximate surface area is 232 Å². The van der Waals surface area contributed by atoms with Gasteiger partial charge in [-0.2, -0.15) is 0 Å². The van der Waals surface area contributed by atoms with Gasteiger partial charge in [0.05, 0.1) is 45.9 Å². The molecule has 0 bridgehead atoms. The van der Waals surface area contributed by atoms with Gasteiger partial charge in [0.2, 0.25) is 0 Å². The zero-order valence-electron chi connectivity index (χ0n) is 23.8. The Morgan fingerprint density at radius 1 is 0.667 bits per heavy atom. The highest BCUT2D eigenvalue weighted by atomic mass is 16.5. The van der Waals surface area contributed by atoms with Gasteiger partial charge < -0.3 is 18.9 Å². The van der Waals surface area contributed by atoms with E-state index in [0.717, 1.165) is 22.5 Å². The van der Waals surface area contributed by atoms with Gasteiger partial charge in [0.15, 0.2) is 23.0 Å². The van der Waals surface area contributed by atoms with Gasteiger partial charge in [-0.05, 0) is 70.7 Å².